The van der Waals surface area contributed by atoms with Crippen LogP contribution in [0.25, 0.3) is 0 Å². The van der Waals surface area contributed by atoms with Crippen LogP contribution in [0.3, 0.4) is 0 Å². The fraction of sp³-hybridized carbons (Fsp3) is 0.833. The molecule has 1 N–H and O–H groups in total. The number of H-pyrrole nitrogens is 1. The first-order valence-corrected chi connectivity index (χ1v) is 7.06. The van der Waals surface area contributed by atoms with Gasteiger partial charge in [0.25, 0.3) is 0 Å². The number of aromatic amines is 1. The van der Waals surface area contributed by atoms with Crippen molar-refractivity contribution in [3.05, 3.63) is 4.77 Å². The maximum Gasteiger partial charge on any atom is 0.225 e. The van der Waals surface area contributed by atoms with Gasteiger partial charge in [0, 0.05) is 19.1 Å². The summed E-state index contributed by atoms with van der Waals surface area (Å²) in [6.07, 6.45) is 6.27. The minimum atomic E-state index is 0.568. The first-order chi connectivity index (χ1) is 8.24. The van der Waals surface area contributed by atoms with Crippen LogP contribution < -0.4 is 4.90 Å². The molecule has 0 amide bonds. The van der Waals surface area contributed by atoms with E-state index in [9.17, 15) is 0 Å². The summed E-state index contributed by atoms with van der Waals surface area (Å²) in [5.74, 6) is 1.03. The molecule has 0 bridgehead atoms. The zero-order valence-electron chi connectivity index (χ0n) is 10.8. The molecule has 0 radical (unpaired) electrons. The Labute approximate surface area is 108 Å². The molecular weight excluding hydrogens is 232 g/mol. The van der Waals surface area contributed by atoms with Crippen molar-refractivity contribution in [2.75, 3.05) is 11.4 Å². The van der Waals surface area contributed by atoms with E-state index in [0.717, 1.165) is 30.2 Å². The maximum atomic E-state index is 5.30. The third-order valence-electron chi connectivity index (χ3n) is 3.50. The highest BCUT2D eigenvalue weighted by Gasteiger charge is 2.21. The number of hydrogen-bond donors (Lipinski definition) is 1. The van der Waals surface area contributed by atoms with Crippen molar-refractivity contribution in [2.24, 2.45) is 0 Å². The highest BCUT2D eigenvalue weighted by Crippen LogP contribution is 2.22. The van der Waals surface area contributed by atoms with Crippen LogP contribution in [0, 0.1) is 4.77 Å². The van der Waals surface area contributed by atoms with Crippen LogP contribution in [0.15, 0.2) is 0 Å². The Morgan fingerprint density at radius 1 is 1.41 bits per heavy atom. The van der Waals surface area contributed by atoms with Crippen LogP contribution in [-0.4, -0.2) is 27.4 Å². The molecule has 1 aliphatic heterocycles. The lowest BCUT2D eigenvalue weighted by molar-refractivity contribution is 0.577. The molecule has 4 nitrogen and oxygen atoms in total. The standard InChI is InChI=1S/C12H22N4S/c1-3-8-16-11(13-14-12(16)17)15-9-6-4-5-7-10(15)2/h10H,3-9H2,1-2H3,(H,14,17). The molecule has 2 rings (SSSR count). The van der Waals surface area contributed by atoms with Crippen LogP contribution in [0.4, 0.5) is 5.95 Å². The molecule has 1 saturated heterocycles. The minimum Gasteiger partial charge on any atom is -0.338 e. The van der Waals surface area contributed by atoms with Gasteiger partial charge in [-0.05, 0) is 38.4 Å². The summed E-state index contributed by atoms with van der Waals surface area (Å²) in [4.78, 5) is 2.41. The Balaban J connectivity index is 2.27. The van der Waals surface area contributed by atoms with E-state index in [-0.39, 0.29) is 0 Å². The van der Waals surface area contributed by atoms with Gasteiger partial charge in [-0.1, -0.05) is 19.8 Å². The van der Waals surface area contributed by atoms with Crippen LogP contribution >= 0.6 is 12.2 Å². The fourth-order valence-electron chi connectivity index (χ4n) is 2.53. The van der Waals surface area contributed by atoms with Crippen molar-refractivity contribution < 1.29 is 0 Å². The van der Waals surface area contributed by atoms with E-state index in [0.29, 0.717) is 6.04 Å². The Bertz CT molecular complexity index is 409. The molecule has 1 aliphatic rings. The number of aromatic nitrogens is 3. The Morgan fingerprint density at radius 3 is 3.00 bits per heavy atom. The summed E-state index contributed by atoms with van der Waals surface area (Å²) in [6, 6.07) is 0.568. The van der Waals surface area contributed by atoms with Gasteiger partial charge in [-0.25, -0.2) is 5.10 Å². The van der Waals surface area contributed by atoms with E-state index >= 15 is 0 Å². The summed E-state index contributed by atoms with van der Waals surface area (Å²) < 4.78 is 2.88. The smallest absolute Gasteiger partial charge is 0.225 e. The van der Waals surface area contributed by atoms with E-state index in [1.54, 1.807) is 0 Å². The molecule has 0 aliphatic carbocycles. The number of rotatable bonds is 3. The number of hydrogen-bond acceptors (Lipinski definition) is 3. The maximum absolute atomic E-state index is 5.30. The average molecular weight is 254 g/mol. The zero-order chi connectivity index (χ0) is 12.3. The zero-order valence-corrected chi connectivity index (χ0v) is 11.6. The largest absolute Gasteiger partial charge is 0.338 e. The molecule has 17 heavy (non-hydrogen) atoms. The second kappa shape index (κ2) is 5.67. The van der Waals surface area contributed by atoms with Gasteiger partial charge in [-0.3, -0.25) is 4.57 Å². The van der Waals surface area contributed by atoms with Gasteiger partial charge in [-0.2, -0.15) is 0 Å². The van der Waals surface area contributed by atoms with Crippen molar-refractivity contribution in [1.82, 2.24) is 14.8 Å². The Morgan fingerprint density at radius 2 is 2.24 bits per heavy atom. The molecule has 2 heterocycles. The van der Waals surface area contributed by atoms with E-state index in [4.69, 9.17) is 12.2 Å². The quantitative estimate of drug-likeness (QED) is 0.842. The van der Waals surface area contributed by atoms with Gasteiger partial charge in [0.15, 0.2) is 4.77 Å². The summed E-state index contributed by atoms with van der Waals surface area (Å²) in [5, 5.41) is 7.36. The molecule has 1 aromatic rings. The Kier molecular flexibility index (Phi) is 4.20. The monoisotopic (exact) mass is 254 g/mol. The van der Waals surface area contributed by atoms with E-state index in [1.165, 1.54) is 25.7 Å². The normalized spacial score (nSPS) is 21.5. The lowest BCUT2D eigenvalue weighted by atomic mass is 10.1. The van der Waals surface area contributed by atoms with Gasteiger partial charge in [0.2, 0.25) is 5.95 Å². The van der Waals surface area contributed by atoms with Gasteiger partial charge >= 0.3 is 0 Å². The van der Waals surface area contributed by atoms with Crippen molar-refractivity contribution in [3.8, 4) is 0 Å². The fourth-order valence-corrected chi connectivity index (χ4v) is 2.74. The predicted octanol–water partition coefficient (Wildman–Crippen LogP) is 3.12. The van der Waals surface area contributed by atoms with Crippen LogP contribution in [0.1, 0.15) is 46.0 Å². The van der Waals surface area contributed by atoms with Crippen molar-refractivity contribution in [1.29, 1.82) is 0 Å². The van der Waals surface area contributed by atoms with Gasteiger partial charge in [0.1, 0.15) is 0 Å². The molecule has 0 aromatic carbocycles. The molecule has 96 valence electrons. The third kappa shape index (κ3) is 2.70. The van der Waals surface area contributed by atoms with E-state index in [1.807, 2.05) is 0 Å². The molecule has 5 heteroatoms. The molecule has 0 spiro atoms. The molecule has 1 aromatic heterocycles. The molecule has 1 fully saturated rings. The summed E-state index contributed by atoms with van der Waals surface area (Å²) in [5.41, 5.74) is 0. The topological polar surface area (TPSA) is 36.9 Å². The highest BCUT2D eigenvalue weighted by molar-refractivity contribution is 7.71. The SMILES string of the molecule is CCCn1c(N2CCCCCC2C)n[nH]c1=S. The van der Waals surface area contributed by atoms with Crippen molar-refractivity contribution in [2.45, 2.75) is 58.5 Å². The molecule has 0 saturated carbocycles. The predicted molar refractivity (Wildman–Crippen MR) is 73.0 cm³/mol. The summed E-state index contributed by atoms with van der Waals surface area (Å²) in [7, 11) is 0. The van der Waals surface area contributed by atoms with E-state index < -0.39 is 0 Å². The average Bonchev–Trinajstić information content (AvgIpc) is 2.54. The molecular formula is C12H22N4S. The number of nitrogens with zero attached hydrogens (tertiary/aromatic N) is 3. The molecule has 1 atom stereocenters. The lowest BCUT2D eigenvalue weighted by Crippen LogP contribution is -2.34. The van der Waals surface area contributed by atoms with Crippen LogP contribution in [-0.2, 0) is 6.54 Å². The summed E-state index contributed by atoms with van der Waals surface area (Å²) >= 11 is 5.30. The minimum absolute atomic E-state index is 0.568. The first kappa shape index (κ1) is 12.6. The second-order valence-electron chi connectivity index (χ2n) is 4.87. The molecule has 1 unspecified atom stereocenters. The van der Waals surface area contributed by atoms with Crippen molar-refractivity contribution in [3.63, 3.8) is 0 Å². The highest BCUT2D eigenvalue weighted by atomic mass is 32.1. The summed E-state index contributed by atoms with van der Waals surface area (Å²) in [6.45, 7) is 6.52. The second-order valence-corrected chi connectivity index (χ2v) is 5.26. The third-order valence-corrected chi connectivity index (χ3v) is 3.81. The van der Waals surface area contributed by atoms with Crippen LogP contribution in [0.2, 0.25) is 0 Å². The van der Waals surface area contributed by atoms with Gasteiger partial charge in [-0.15, -0.1) is 5.10 Å². The van der Waals surface area contributed by atoms with E-state index in [2.05, 4.69) is 33.5 Å². The number of nitrogens with one attached hydrogen (secondary N) is 1. The van der Waals surface area contributed by atoms with Gasteiger partial charge < -0.3 is 4.90 Å². The van der Waals surface area contributed by atoms with Crippen molar-refractivity contribution >= 4 is 18.2 Å². The first-order valence-electron chi connectivity index (χ1n) is 6.66. The Hall–Kier alpha value is -0.840. The lowest BCUT2D eigenvalue weighted by Gasteiger charge is -2.28. The van der Waals surface area contributed by atoms with Crippen LogP contribution in [0.5, 0.6) is 0 Å². The number of anilines is 1. The van der Waals surface area contributed by atoms with Gasteiger partial charge in [0.05, 0.1) is 0 Å².